The first-order valence-electron chi connectivity index (χ1n) is 17.6. The molecule has 46 heavy (non-hydrogen) atoms. The van der Waals surface area contributed by atoms with Crippen molar-refractivity contribution in [1.29, 1.82) is 0 Å². The highest BCUT2D eigenvalue weighted by Gasteiger charge is 2.48. The second-order valence-corrected chi connectivity index (χ2v) is 14.1. The van der Waals surface area contributed by atoms with Crippen molar-refractivity contribution in [3.8, 4) is 11.6 Å². The van der Waals surface area contributed by atoms with Crippen molar-refractivity contribution in [3.63, 3.8) is 0 Å². The molecule has 3 heterocycles. The Labute approximate surface area is 272 Å². The quantitative estimate of drug-likeness (QED) is 0.397. The normalized spacial score (nSPS) is 31.5. The van der Waals surface area contributed by atoms with Gasteiger partial charge in [-0.05, 0) is 88.7 Å². The molecule has 0 spiro atoms. The molecule has 1 aromatic carbocycles. The number of alkyl carbamates (subject to hydrolysis) is 1. The van der Waals surface area contributed by atoms with Crippen LogP contribution in [0.1, 0.15) is 103 Å². The molecule has 0 unspecified atom stereocenters. The standard InChI is InChI=1S/C36H50N4O6/c1-4-26-30(22-41)40-21-31(26)45-33-28(37-27-18-17-25(44-3)20-29(27)38-33)16-10-6-9-14-24-15-11-19-36(24,2)46-35(43)39-32(34(40)42)23-12-7-5-8-13-23/h17-18,20,22-24,26,30-32H,4-16,19,21H2,1-3H3,(H,39,43)/t24-,26+,30-,31+,32+,36-/m1/s1. The Morgan fingerprint density at radius 2 is 1.78 bits per heavy atom. The first-order chi connectivity index (χ1) is 22.3. The van der Waals surface area contributed by atoms with Crippen LogP contribution in [0.4, 0.5) is 4.79 Å². The zero-order valence-corrected chi connectivity index (χ0v) is 27.7. The monoisotopic (exact) mass is 634 g/mol. The number of aryl methyl sites for hydroxylation is 1. The van der Waals surface area contributed by atoms with Crippen LogP contribution < -0.4 is 14.8 Å². The van der Waals surface area contributed by atoms with Crippen molar-refractivity contribution in [2.24, 2.45) is 17.8 Å². The van der Waals surface area contributed by atoms with E-state index in [4.69, 9.17) is 24.2 Å². The average Bonchev–Trinajstić information content (AvgIpc) is 3.61. The Bertz CT molecular complexity index is 1410. The van der Waals surface area contributed by atoms with Gasteiger partial charge in [-0.25, -0.2) is 14.8 Å². The van der Waals surface area contributed by atoms with Crippen molar-refractivity contribution in [2.45, 2.75) is 128 Å². The van der Waals surface area contributed by atoms with Gasteiger partial charge in [-0.2, -0.15) is 0 Å². The number of ether oxygens (including phenoxy) is 3. The molecule has 250 valence electrons. The van der Waals surface area contributed by atoms with Crippen molar-refractivity contribution in [3.05, 3.63) is 23.9 Å². The van der Waals surface area contributed by atoms with Gasteiger partial charge >= 0.3 is 6.09 Å². The summed E-state index contributed by atoms with van der Waals surface area (Å²) in [4.78, 5) is 52.3. The predicted octanol–water partition coefficient (Wildman–Crippen LogP) is 6.17. The van der Waals surface area contributed by atoms with Crippen LogP contribution in [0.2, 0.25) is 0 Å². The maximum absolute atomic E-state index is 14.5. The maximum atomic E-state index is 14.5. The maximum Gasteiger partial charge on any atom is 0.408 e. The van der Waals surface area contributed by atoms with Gasteiger partial charge in [0.05, 0.1) is 30.7 Å². The van der Waals surface area contributed by atoms with Crippen LogP contribution >= 0.6 is 0 Å². The molecular formula is C36H50N4O6. The molecule has 2 aliphatic heterocycles. The molecule has 2 aliphatic carbocycles. The molecule has 0 radical (unpaired) electrons. The second-order valence-electron chi connectivity index (χ2n) is 14.1. The molecule has 2 bridgehead atoms. The third-order valence-corrected chi connectivity index (χ3v) is 11.3. The SMILES string of the molecule is CC[C@@H]1[C@@H]2CN(C(=O)[C@H](C3CCCCC3)NC(=O)O[C@]3(C)CCC[C@H]3CCCCCc3nc4ccc(OC)cc4nc3O2)[C@@H]1C=O. The van der Waals surface area contributed by atoms with Gasteiger partial charge in [0.1, 0.15) is 35.5 Å². The van der Waals surface area contributed by atoms with Crippen LogP contribution in [0.15, 0.2) is 18.2 Å². The highest BCUT2D eigenvalue weighted by atomic mass is 16.6. The number of carbonyl (C=O) groups is 3. The van der Waals surface area contributed by atoms with Crippen molar-refractivity contribution >= 4 is 29.3 Å². The van der Waals surface area contributed by atoms with Crippen LogP contribution in [-0.4, -0.2) is 70.6 Å². The lowest BCUT2D eigenvalue weighted by molar-refractivity contribution is -0.138. The summed E-state index contributed by atoms with van der Waals surface area (Å²) >= 11 is 0. The molecule has 6 atom stereocenters. The summed E-state index contributed by atoms with van der Waals surface area (Å²) in [6, 6.07) is 4.24. The third-order valence-electron chi connectivity index (χ3n) is 11.3. The summed E-state index contributed by atoms with van der Waals surface area (Å²) in [5.74, 6) is 0.959. The minimum absolute atomic E-state index is 0.00754. The van der Waals surface area contributed by atoms with E-state index >= 15 is 0 Å². The van der Waals surface area contributed by atoms with Crippen molar-refractivity contribution in [2.75, 3.05) is 13.7 Å². The second kappa shape index (κ2) is 14.1. The van der Waals surface area contributed by atoms with E-state index in [9.17, 15) is 14.4 Å². The van der Waals surface area contributed by atoms with E-state index in [1.54, 1.807) is 12.0 Å². The average molecular weight is 635 g/mol. The summed E-state index contributed by atoms with van der Waals surface area (Å²) < 4.78 is 18.3. The number of aldehydes is 1. The smallest absolute Gasteiger partial charge is 0.408 e. The van der Waals surface area contributed by atoms with Crippen molar-refractivity contribution < 1.29 is 28.6 Å². The molecule has 1 aromatic heterocycles. The lowest BCUT2D eigenvalue weighted by Crippen LogP contribution is -2.55. The number of nitrogens with one attached hydrogen (secondary N) is 1. The van der Waals surface area contributed by atoms with Crippen LogP contribution in [0.25, 0.3) is 11.0 Å². The van der Waals surface area contributed by atoms with E-state index in [0.717, 1.165) is 94.5 Å². The number of hydrogen-bond donors (Lipinski definition) is 1. The molecule has 2 saturated carbocycles. The highest BCUT2D eigenvalue weighted by molar-refractivity contribution is 5.88. The van der Waals surface area contributed by atoms with Gasteiger partial charge in [-0.3, -0.25) is 4.79 Å². The van der Waals surface area contributed by atoms with E-state index in [0.29, 0.717) is 30.0 Å². The molecular weight excluding hydrogens is 584 g/mol. The molecule has 1 N–H and O–H groups in total. The lowest BCUT2D eigenvalue weighted by atomic mass is 9.83. The first kappa shape index (κ1) is 32.5. The Balaban J connectivity index is 1.37. The summed E-state index contributed by atoms with van der Waals surface area (Å²) in [6.45, 7) is 4.31. The zero-order valence-electron chi connectivity index (χ0n) is 27.7. The van der Waals surface area contributed by atoms with E-state index in [1.807, 2.05) is 25.1 Å². The first-order valence-corrected chi connectivity index (χ1v) is 17.6. The number of aromatic nitrogens is 2. The van der Waals surface area contributed by atoms with Gasteiger partial charge in [0.15, 0.2) is 0 Å². The largest absolute Gasteiger partial charge is 0.497 e. The topological polar surface area (TPSA) is 120 Å². The van der Waals surface area contributed by atoms with Gasteiger partial charge < -0.3 is 29.2 Å². The summed E-state index contributed by atoms with van der Waals surface area (Å²) in [5, 5.41) is 3.04. The van der Waals surface area contributed by atoms with E-state index < -0.39 is 29.9 Å². The minimum atomic E-state index is -0.752. The molecule has 3 fully saturated rings. The number of hydrogen-bond acceptors (Lipinski definition) is 8. The van der Waals surface area contributed by atoms with Gasteiger partial charge in [0, 0.05) is 12.0 Å². The molecule has 4 aliphatic rings. The van der Waals surface area contributed by atoms with Gasteiger partial charge in [-0.1, -0.05) is 39.0 Å². The van der Waals surface area contributed by atoms with Crippen LogP contribution in [0.3, 0.4) is 0 Å². The fraction of sp³-hybridized carbons (Fsp3) is 0.694. The molecule has 2 aromatic rings. The summed E-state index contributed by atoms with van der Waals surface area (Å²) in [5.41, 5.74) is 1.68. The number of benzene rings is 1. The Hall–Kier alpha value is -3.43. The number of fused-ring (bicyclic) bond motifs is 5. The van der Waals surface area contributed by atoms with Gasteiger partial charge in [-0.15, -0.1) is 0 Å². The number of amides is 2. The lowest BCUT2D eigenvalue weighted by Gasteiger charge is -2.36. The van der Waals surface area contributed by atoms with Gasteiger partial charge in [0.25, 0.3) is 0 Å². The van der Waals surface area contributed by atoms with E-state index in [2.05, 4.69) is 12.2 Å². The van der Waals surface area contributed by atoms with Crippen LogP contribution in [0.5, 0.6) is 11.6 Å². The number of methoxy groups -OCH3 is 1. The predicted molar refractivity (Wildman–Crippen MR) is 174 cm³/mol. The van der Waals surface area contributed by atoms with Crippen LogP contribution in [0, 0.1) is 17.8 Å². The molecule has 10 nitrogen and oxygen atoms in total. The van der Waals surface area contributed by atoms with Crippen LogP contribution in [-0.2, 0) is 20.7 Å². The zero-order chi connectivity index (χ0) is 32.3. The minimum Gasteiger partial charge on any atom is -0.497 e. The van der Waals surface area contributed by atoms with E-state index in [1.165, 1.54) is 0 Å². The Morgan fingerprint density at radius 1 is 1.02 bits per heavy atom. The molecule has 1 saturated heterocycles. The number of nitrogens with zero attached hydrogens (tertiary/aromatic N) is 3. The number of carbonyl (C=O) groups excluding carboxylic acids is 3. The Kier molecular flexibility index (Phi) is 9.99. The molecule has 6 rings (SSSR count). The van der Waals surface area contributed by atoms with Gasteiger partial charge in [0.2, 0.25) is 11.8 Å². The molecule has 2 amide bonds. The van der Waals surface area contributed by atoms with Crippen molar-refractivity contribution in [1.82, 2.24) is 20.2 Å². The molecule has 10 heteroatoms. The fourth-order valence-electron chi connectivity index (χ4n) is 8.57. The fourth-order valence-corrected chi connectivity index (χ4v) is 8.57. The summed E-state index contributed by atoms with van der Waals surface area (Å²) in [6.07, 6.45) is 12.9. The Morgan fingerprint density at radius 3 is 2.54 bits per heavy atom. The third kappa shape index (κ3) is 6.67. The summed E-state index contributed by atoms with van der Waals surface area (Å²) in [7, 11) is 1.62. The highest BCUT2D eigenvalue weighted by Crippen LogP contribution is 2.42. The number of rotatable bonds is 4. The van der Waals surface area contributed by atoms with E-state index in [-0.39, 0.29) is 30.2 Å².